The fourth-order valence-corrected chi connectivity index (χ4v) is 2.56. The van der Waals surface area contributed by atoms with Crippen molar-refractivity contribution in [1.29, 1.82) is 0 Å². The number of benzene rings is 2. The third kappa shape index (κ3) is 3.23. The summed E-state index contributed by atoms with van der Waals surface area (Å²) < 4.78 is 11.0. The highest BCUT2D eigenvalue weighted by atomic mass is 35.5. The van der Waals surface area contributed by atoms with E-state index < -0.39 is 0 Å². The van der Waals surface area contributed by atoms with Crippen LogP contribution in [0.5, 0.6) is 17.2 Å². The van der Waals surface area contributed by atoms with Crippen molar-refractivity contribution in [2.75, 3.05) is 13.2 Å². The van der Waals surface area contributed by atoms with Crippen molar-refractivity contribution in [2.24, 2.45) is 0 Å². The Morgan fingerprint density at radius 2 is 1.90 bits per heavy atom. The summed E-state index contributed by atoms with van der Waals surface area (Å²) >= 11 is 6.20. The van der Waals surface area contributed by atoms with Gasteiger partial charge in [0.15, 0.2) is 11.5 Å². The Morgan fingerprint density at radius 3 is 2.76 bits per heavy atom. The van der Waals surface area contributed by atoms with Crippen LogP contribution in [0.2, 0.25) is 5.02 Å². The van der Waals surface area contributed by atoms with E-state index in [1.165, 1.54) is 0 Å². The molecule has 0 fully saturated rings. The smallest absolute Gasteiger partial charge is 0.179 e. The average molecular weight is 306 g/mol. The van der Waals surface area contributed by atoms with Gasteiger partial charge in [-0.05, 0) is 23.8 Å². The molecule has 0 amide bonds. The fraction of sp³-hybridized carbons (Fsp3) is 0.250. The molecule has 0 unspecified atom stereocenters. The number of rotatable bonds is 4. The van der Waals surface area contributed by atoms with E-state index in [1.54, 1.807) is 12.1 Å². The van der Waals surface area contributed by atoms with Crippen LogP contribution in [0.25, 0.3) is 0 Å². The van der Waals surface area contributed by atoms with E-state index in [2.05, 4.69) is 5.32 Å². The molecule has 1 aliphatic heterocycles. The second-order valence-corrected chi connectivity index (χ2v) is 5.24. The van der Waals surface area contributed by atoms with Gasteiger partial charge in [-0.25, -0.2) is 0 Å². The molecule has 110 valence electrons. The fourth-order valence-electron chi connectivity index (χ4n) is 2.27. The van der Waals surface area contributed by atoms with Crippen molar-refractivity contribution >= 4 is 11.6 Å². The predicted octanol–water partition coefficient (Wildman–Crippen LogP) is 3.11. The van der Waals surface area contributed by atoms with Gasteiger partial charge < -0.3 is 19.9 Å². The summed E-state index contributed by atoms with van der Waals surface area (Å²) in [6, 6.07) is 11.1. The maximum atomic E-state index is 9.71. The standard InChI is InChI=1S/C16H16ClNO3/c17-13-7-11(8-15-16(13)21-6-5-20-15)9-18-10-12-3-1-2-4-14(12)19/h1-4,7-8,18-19H,5-6,9-10H2. The Morgan fingerprint density at radius 1 is 1.10 bits per heavy atom. The molecule has 0 radical (unpaired) electrons. The van der Waals surface area contributed by atoms with Gasteiger partial charge in [0.05, 0.1) is 5.02 Å². The minimum Gasteiger partial charge on any atom is -0.508 e. The summed E-state index contributed by atoms with van der Waals surface area (Å²) in [7, 11) is 0. The number of phenols is 1. The Kier molecular flexibility index (Phi) is 4.18. The number of halogens is 1. The monoisotopic (exact) mass is 305 g/mol. The third-order valence-electron chi connectivity index (χ3n) is 3.29. The maximum Gasteiger partial charge on any atom is 0.179 e. The van der Waals surface area contributed by atoms with Crippen molar-refractivity contribution in [3.8, 4) is 17.2 Å². The predicted molar refractivity (Wildman–Crippen MR) is 81.1 cm³/mol. The summed E-state index contributed by atoms with van der Waals surface area (Å²) in [5.74, 6) is 1.60. The number of aromatic hydroxyl groups is 1. The Bertz CT molecular complexity index is 645. The molecule has 1 aliphatic rings. The van der Waals surface area contributed by atoms with E-state index in [-0.39, 0.29) is 0 Å². The summed E-state index contributed by atoms with van der Waals surface area (Å²) in [4.78, 5) is 0. The van der Waals surface area contributed by atoms with E-state index in [9.17, 15) is 5.11 Å². The van der Waals surface area contributed by atoms with Crippen molar-refractivity contribution in [2.45, 2.75) is 13.1 Å². The lowest BCUT2D eigenvalue weighted by atomic mass is 10.1. The van der Waals surface area contributed by atoms with Crippen LogP contribution in [0.4, 0.5) is 0 Å². The van der Waals surface area contributed by atoms with Gasteiger partial charge in [0.1, 0.15) is 19.0 Å². The second kappa shape index (κ2) is 6.24. The molecule has 2 aromatic rings. The first-order chi connectivity index (χ1) is 10.2. The van der Waals surface area contributed by atoms with Gasteiger partial charge in [-0.15, -0.1) is 0 Å². The molecule has 0 saturated heterocycles. The number of nitrogens with one attached hydrogen (secondary N) is 1. The molecule has 1 heterocycles. The van der Waals surface area contributed by atoms with Gasteiger partial charge in [-0.2, -0.15) is 0 Å². The largest absolute Gasteiger partial charge is 0.508 e. The molecule has 0 bridgehead atoms. The van der Waals surface area contributed by atoms with E-state index in [4.69, 9.17) is 21.1 Å². The maximum absolute atomic E-state index is 9.71. The van der Waals surface area contributed by atoms with Crippen LogP contribution in [-0.2, 0) is 13.1 Å². The van der Waals surface area contributed by atoms with Crippen molar-refractivity contribution in [3.05, 3.63) is 52.5 Å². The van der Waals surface area contributed by atoms with Crippen molar-refractivity contribution in [1.82, 2.24) is 5.32 Å². The van der Waals surface area contributed by atoms with Crippen LogP contribution in [0.15, 0.2) is 36.4 Å². The normalized spacial score (nSPS) is 13.2. The number of fused-ring (bicyclic) bond motifs is 1. The lowest BCUT2D eigenvalue weighted by Crippen LogP contribution is -2.17. The van der Waals surface area contributed by atoms with Crippen LogP contribution in [0.1, 0.15) is 11.1 Å². The molecule has 4 nitrogen and oxygen atoms in total. The first kappa shape index (κ1) is 14.0. The van der Waals surface area contributed by atoms with Gasteiger partial charge in [-0.1, -0.05) is 29.8 Å². The van der Waals surface area contributed by atoms with Gasteiger partial charge >= 0.3 is 0 Å². The summed E-state index contributed by atoms with van der Waals surface area (Å²) in [6.07, 6.45) is 0. The molecule has 0 saturated carbocycles. The van der Waals surface area contributed by atoms with Gasteiger partial charge in [-0.3, -0.25) is 0 Å². The molecule has 3 rings (SSSR count). The zero-order valence-corrected chi connectivity index (χ0v) is 12.2. The van der Waals surface area contributed by atoms with Crippen molar-refractivity contribution in [3.63, 3.8) is 0 Å². The van der Waals surface area contributed by atoms with Crippen LogP contribution >= 0.6 is 11.6 Å². The van der Waals surface area contributed by atoms with Gasteiger partial charge in [0, 0.05) is 18.7 Å². The Hall–Kier alpha value is -1.91. The highest BCUT2D eigenvalue weighted by Crippen LogP contribution is 2.38. The lowest BCUT2D eigenvalue weighted by Gasteiger charge is -2.20. The molecule has 21 heavy (non-hydrogen) atoms. The Balaban J connectivity index is 1.66. The highest BCUT2D eigenvalue weighted by molar-refractivity contribution is 6.32. The zero-order chi connectivity index (χ0) is 14.7. The van der Waals surface area contributed by atoms with E-state index in [0.29, 0.717) is 48.6 Å². The third-order valence-corrected chi connectivity index (χ3v) is 3.57. The van der Waals surface area contributed by atoms with Crippen LogP contribution in [0, 0.1) is 0 Å². The summed E-state index contributed by atoms with van der Waals surface area (Å²) in [6.45, 7) is 2.28. The zero-order valence-electron chi connectivity index (χ0n) is 11.4. The molecular weight excluding hydrogens is 290 g/mol. The molecular formula is C16H16ClNO3. The van der Waals surface area contributed by atoms with E-state index in [0.717, 1.165) is 11.1 Å². The summed E-state index contributed by atoms with van der Waals surface area (Å²) in [5.41, 5.74) is 1.88. The van der Waals surface area contributed by atoms with E-state index in [1.807, 2.05) is 24.3 Å². The lowest BCUT2D eigenvalue weighted by molar-refractivity contribution is 0.171. The summed E-state index contributed by atoms with van der Waals surface area (Å²) in [5, 5.41) is 13.6. The number of hydrogen-bond acceptors (Lipinski definition) is 4. The SMILES string of the molecule is Oc1ccccc1CNCc1cc(Cl)c2c(c1)OCCO2. The van der Waals surface area contributed by atoms with E-state index >= 15 is 0 Å². The number of para-hydroxylation sites is 1. The first-order valence-corrected chi connectivity index (χ1v) is 7.17. The van der Waals surface area contributed by atoms with Gasteiger partial charge in [0.2, 0.25) is 0 Å². The van der Waals surface area contributed by atoms with Crippen LogP contribution in [0.3, 0.4) is 0 Å². The number of phenolic OH excluding ortho intramolecular Hbond substituents is 1. The molecule has 0 aliphatic carbocycles. The minimum absolute atomic E-state index is 0.296. The molecule has 2 aromatic carbocycles. The molecule has 2 N–H and O–H groups in total. The molecule has 0 atom stereocenters. The first-order valence-electron chi connectivity index (χ1n) is 6.79. The average Bonchev–Trinajstić information content (AvgIpc) is 2.49. The number of hydrogen-bond donors (Lipinski definition) is 2. The molecule has 0 spiro atoms. The highest BCUT2D eigenvalue weighted by Gasteiger charge is 2.16. The number of ether oxygens (including phenoxy) is 2. The van der Waals surface area contributed by atoms with Gasteiger partial charge in [0.25, 0.3) is 0 Å². The topological polar surface area (TPSA) is 50.7 Å². The van der Waals surface area contributed by atoms with Crippen molar-refractivity contribution < 1.29 is 14.6 Å². The Labute approximate surface area is 128 Å². The quantitative estimate of drug-likeness (QED) is 0.911. The molecule has 5 heteroatoms. The van der Waals surface area contributed by atoms with Crippen LogP contribution in [-0.4, -0.2) is 18.3 Å². The second-order valence-electron chi connectivity index (χ2n) is 4.83. The molecule has 0 aromatic heterocycles. The minimum atomic E-state index is 0.296. The van der Waals surface area contributed by atoms with Crippen LogP contribution < -0.4 is 14.8 Å².